The van der Waals surface area contributed by atoms with Gasteiger partial charge >= 0.3 is 0 Å². The Morgan fingerprint density at radius 3 is 2.67 bits per heavy atom. The number of rotatable bonds is 7. The molecule has 18 heavy (non-hydrogen) atoms. The molecule has 100 valence electrons. The van der Waals surface area contributed by atoms with Crippen molar-refractivity contribution in [1.29, 1.82) is 0 Å². The molecular weight excluding hydrogens is 244 g/mol. The Labute approximate surface area is 114 Å². The second kappa shape index (κ2) is 8.03. The number of carbonyl (C=O) groups is 1. The first-order valence-electron chi connectivity index (χ1n) is 6.36. The van der Waals surface area contributed by atoms with Gasteiger partial charge in [0.1, 0.15) is 0 Å². The molecule has 0 unspecified atom stereocenters. The molecule has 0 aliphatic carbocycles. The van der Waals surface area contributed by atoms with Gasteiger partial charge in [0, 0.05) is 16.6 Å². The van der Waals surface area contributed by atoms with Crippen molar-refractivity contribution in [3.05, 3.63) is 24.3 Å². The van der Waals surface area contributed by atoms with E-state index in [1.807, 2.05) is 18.4 Å². The summed E-state index contributed by atoms with van der Waals surface area (Å²) in [5, 5.41) is 6.16. The van der Waals surface area contributed by atoms with Gasteiger partial charge in [0.25, 0.3) is 0 Å². The highest BCUT2D eigenvalue weighted by molar-refractivity contribution is 7.98. The van der Waals surface area contributed by atoms with Gasteiger partial charge in [-0.25, -0.2) is 0 Å². The molecule has 0 heterocycles. The summed E-state index contributed by atoms with van der Waals surface area (Å²) in [5.41, 5.74) is 0.988. The van der Waals surface area contributed by atoms with Crippen LogP contribution in [0, 0.1) is 0 Å². The highest BCUT2D eigenvalue weighted by atomic mass is 32.2. The minimum atomic E-state index is 0.0539. The van der Waals surface area contributed by atoms with E-state index in [0.717, 1.165) is 18.5 Å². The van der Waals surface area contributed by atoms with E-state index in [1.54, 1.807) is 11.8 Å². The Kier molecular flexibility index (Phi) is 6.65. The summed E-state index contributed by atoms with van der Waals surface area (Å²) < 4.78 is 0. The van der Waals surface area contributed by atoms with Crippen molar-refractivity contribution in [1.82, 2.24) is 5.32 Å². The van der Waals surface area contributed by atoms with E-state index in [9.17, 15) is 4.79 Å². The number of anilines is 1. The van der Waals surface area contributed by atoms with Crippen LogP contribution in [0.1, 0.15) is 26.7 Å². The first-order valence-corrected chi connectivity index (χ1v) is 7.59. The van der Waals surface area contributed by atoms with Crippen LogP contribution in [0.15, 0.2) is 29.2 Å². The number of carbonyl (C=O) groups excluding carboxylic acids is 1. The lowest BCUT2D eigenvalue weighted by Crippen LogP contribution is -2.37. The highest BCUT2D eigenvalue weighted by Crippen LogP contribution is 2.18. The molecule has 2 N–H and O–H groups in total. The van der Waals surface area contributed by atoms with Crippen LogP contribution in [-0.2, 0) is 4.79 Å². The molecule has 4 heteroatoms. The van der Waals surface area contributed by atoms with Crippen LogP contribution in [0.2, 0.25) is 0 Å². The van der Waals surface area contributed by atoms with Crippen LogP contribution in [0.4, 0.5) is 5.69 Å². The molecule has 1 aromatic rings. The molecule has 1 aromatic carbocycles. The molecule has 0 bridgehead atoms. The summed E-state index contributed by atoms with van der Waals surface area (Å²) in [5.74, 6) is 0.0539. The third-order valence-electron chi connectivity index (χ3n) is 2.87. The summed E-state index contributed by atoms with van der Waals surface area (Å²) in [6.07, 6.45) is 3.99. The summed E-state index contributed by atoms with van der Waals surface area (Å²) >= 11 is 1.69. The topological polar surface area (TPSA) is 41.1 Å². The number of hydrogen-bond acceptors (Lipinski definition) is 3. The summed E-state index contributed by atoms with van der Waals surface area (Å²) in [6, 6.07) is 8.36. The zero-order valence-electron chi connectivity index (χ0n) is 11.3. The van der Waals surface area contributed by atoms with E-state index >= 15 is 0 Å². The molecule has 0 fully saturated rings. The first-order chi connectivity index (χ1) is 8.69. The summed E-state index contributed by atoms with van der Waals surface area (Å²) in [6.45, 7) is 4.50. The standard InChI is InChI=1S/C14H22N2OS/c1-4-11(5-2)16-14(17)10-15-12-7-6-8-13(9-12)18-3/h6-9,11,15H,4-5,10H2,1-3H3,(H,16,17). The quantitative estimate of drug-likeness (QED) is 0.745. The minimum absolute atomic E-state index is 0.0539. The number of hydrogen-bond donors (Lipinski definition) is 2. The van der Waals surface area contributed by atoms with Crippen molar-refractivity contribution >= 4 is 23.4 Å². The van der Waals surface area contributed by atoms with Crippen LogP contribution < -0.4 is 10.6 Å². The fourth-order valence-corrected chi connectivity index (χ4v) is 2.15. The number of nitrogens with one attached hydrogen (secondary N) is 2. The smallest absolute Gasteiger partial charge is 0.239 e. The van der Waals surface area contributed by atoms with Crippen molar-refractivity contribution in [3.8, 4) is 0 Å². The Balaban J connectivity index is 2.42. The van der Waals surface area contributed by atoms with Gasteiger partial charge in [0.05, 0.1) is 6.54 Å². The van der Waals surface area contributed by atoms with Crippen molar-refractivity contribution in [2.75, 3.05) is 18.1 Å². The molecule has 0 atom stereocenters. The van der Waals surface area contributed by atoms with Crippen LogP contribution in [0.25, 0.3) is 0 Å². The zero-order chi connectivity index (χ0) is 13.4. The predicted molar refractivity (Wildman–Crippen MR) is 79.2 cm³/mol. The van der Waals surface area contributed by atoms with Crippen molar-refractivity contribution < 1.29 is 4.79 Å². The molecular formula is C14H22N2OS. The minimum Gasteiger partial charge on any atom is -0.376 e. The Hall–Kier alpha value is -1.16. The molecule has 0 aromatic heterocycles. The lowest BCUT2D eigenvalue weighted by molar-refractivity contribution is -0.120. The Morgan fingerprint density at radius 2 is 2.06 bits per heavy atom. The molecule has 1 rings (SSSR count). The number of thioether (sulfide) groups is 1. The third kappa shape index (κ3) is 5.00. The highest BCUT2D eigenvalue weighted by Gasteiger charge is 2.07. The van der Waals surface area contributed by atoms with E-state index < -0.39 is 0 Å². The fourth-order valence-electron chi connectivity index (χ4n) is 1.69. The molecule has 0 saturated heterocycles. The van der Waals surface area contributed by atoms with E-state index in [2.05, 4.69) is 36.6 Å². The molecule has 0 spiro atoms. The van der Waals surface area contributed by atoms with Gasteiger partial charge in [-0.2, -0.15) is 0 Å². The van der Waals surface area contributed by atoms with E-state index in [4.69, 9.17) is 0 Å². The molecule has 1 amide bonds. The summed E-state index contributed by atoms with van der Waals surface area (Å²) in [4.78, 5) is 12.9. The Morgan fingerprint density at radius 1 is 1.33 bits per heavy atom. The van der Waals surface area contributed by atoms with Crippen LogP contribution in [-0.4, -0.2) is 24.7 Å². The monoisotopic (exact) mass is 266 g/mol. The van der Waals surface area contributed by atoms with Gasteiger partial charge in [-0.05, 0) is 37.3 Å². The van der Waals surface area contributed by atoms with E-state index in [1.165, 1.54) is 4.90 Å². The molecule has 0 aliphatic rings. The first kappa shape index (κ1) is 14.9. The van der Waals surface area contributed by atoms with Crippen molar-refractivity contribution in [2.45, 2.75) is 37.6 Å². The fraction of sp³-hybridized carbons (Fsp3) is 0.500. The second-order valence-electron chi connectivity index (χ2n) is 4.17. The van der Waals surface area contributed by atoms with Crippen molar-refractivity contribution in [2.24, 2.45) is 0 Å². The van der Waals surface area contributed by atoms with Crippen LogP contribution >= 0.6 is 11.8 Å². The third-order valence-corrected chi connectivity index (χ3v) is 3.60. The number of benzene rings is 1. The van der Waals surface area contributed by atoms with E-state index in [-0.39, 0.29) is 11.9 Å². The van der Waals surface area contributed by atoms with Crippen LogP contribution in [0.5, 0.6) is 0 Å². The normalized spacial score (nSPS) is 10.4. The second-order valence-corrected chi connectivity index (χ2v) is 5.05. The lowest BCUT2D eigenvalue weighted by atomic mass is 10.2. The van der Waals surface area contributed by atoms with Gasteiger partial charge in [0.15, 0.2) is 0 Å². The molecule has 0 aliphatic heterocycles. The molecule has 0 saturated carbocycles. The van der Waals surface area contributed by atoms with Gasteiger partial charge < -0.3 is 10.6 Å². The SMILES string of the molecule is CCC(CC)NC(=O)CNc1cccc(SC)c1. The Bertz CT molecular complexity index is 378. The summed E-state index contributed by atoms with van der Waals surface area (Å²) in [7, 11) is 0. The van der Waals surface area contributed by atoms with E-state index in [0.29, 0.717) is 6.54 Å². The maximum atomic E-state index is 11.7. The van der Waals surface area contributed by atoms with Gasteiger partial charge in [-0.1, -0.05) is 19.9 Å². The largest absolute Gasteiger partial charge is 0.376 e. The average Bonchev–Trinajstić information content (AvgIpc) is 2.42. The zero-order valence-corrected chi connectivity index (χ0v) is 12.1. The maximum Gasteiger partial charge on any atom is 0.239 e. The van der Waals surface area contributed by atoms with Crippen molar-refractivity contribution in [3.63, 3.8) is 0 Å². The average molecular weight is 266 g/mol. The van der Waals surface area contributed by atoms with Gasteiger partial charge in [-0.3, -0.25) is 4.79 Å². The van der Waals surface area contributed by atoms with Gasteiger partial charge in [-0.15, -0.1) is 11.8 Å². The lowest BCUT2D eigenvalue weighted by Gasteiger charge is -2.15. The van der Waals surface area contributed by atoms with Gasteiger partial charge in [0.2, 0.25) is 5.91 Å². The molecule has 0 radical (unpaired) electrons. The maximum absolute atomic E-state index is 11.7. The van der Waals surface area contributed by atoms with Crippen LogP contribution in [0.3, 0.4) is 0 Å². The number of amides is 1. The molecule has 3 nitrogen and oxygen atoms in total. The predicted octanol–water partition coefficient (Wildman–Crippen LogP) is 3.13.